The monoisotopic (exact) mass is 372 g/mol. The number of methoxy groups -OCH3 is 1. The second kappa shape index (κ2) is 10.2. The molecule has 0 radical (unpaired) electrons. The number of amides is 1. The lowest BCUT2D eigenvalue weighted by Gasteiger charge is -2.05. The van der Waals surface area contributed by atoms with Crippen LogP contribution in [0.15, 0.2) is 58.5 Å². The number of rotatable bonds is 8. The molecule has 0 aliphatic carbocycles. The summed E-state index contributed by atoms with van der Waals surface area (Å²) >= 11 is 1.45. The predicted molar refractivity (Wildman–Crippen MR) is 102 cm³/mol. The molecule has 0 aromatic heterocycles. The molecule has 2 rings (SSSR count). The molecular weight excluding hydrogens is 352 g/mol. The Kier molecular flexibility index (Phi) is 7.70. The van der Waals surface area contributed by atoms with Gasteiger partial charge in [-0.05, 0) is 36.8 Å². The summed E-state index contributed by atoms with van der Waals surface area (Å²) in [7, 11) is 1.30. The van der Waals surface area contributed by atoms with E-state index in [1.807, 2.05) is 37.3 Å². The van der Waals surface area contributed by atoms with Crippen LogP contribution in [-0.2, 0) is 14.3 Å². The molecule has 0 unspecified atom stereocenters. The maximum atomic E-state index is 11.8. The third-order valence-electron chi connectivity index (χ3n) is 3.24. The first kappa shape index (κ1) is 19.5. The highest BCUT2D eigenvalue weighted by atomic mass is 32.2. The molecule has 136 valence electrons. The molecule has 2 aromatic carbocycles. The Labute approximate surface area is 156 Å². The summed E-state index contributed by atoms with van der Waals surface area (Å²) in [5, 5.41) is 3.94. The smallest absolute Gasteiger partial charge is 0.343 e. The van der Waals surface area contributed by atoms with Gasteiger partial charge in [0.2, 0.25) is 5.91 Å². The number of benzene rings is 2. The zero-order chi connectivity index (χ0) is 18.8. The van der Waals surface area contributed by atoms with Crippen molar-refractivity contribution in [2.24, 2.45) is 5.10 Å². The van der Waals surface area contributed by atoms with Gasteiger partial charge in [0.1, 0.15) is 5.75 Å². The Hall–Kier alpha value is -2.80. The number of hydrogen-bond acceptors (Lipinski definition) is 6. The van der Waals surface area contributed by atoms with Gasteiger partial charge in [0, 0.05) is 4.90 Å². The zero-order valence-corrected chi connectivity index (χ0v) is 15.4. The Balaban J connectivity index is 1.79. The average Bonchev–Trinajstić information content (AvgIpc) is 2.66. The summed E-state index contributed by atoms with van der Waals surface area (Å²) in [6, 6.07) is 15.0. The van der Waals surface area contributed by atoms with Gasteiger partial charge >= 0.3 is 5.97 Å². The number of thioether (sulfide) groups is 1. The molecule has 1 amide bonds. The van der Waals surface area contributed by atoms with E-state index in [2.05, 4.69) is 15.3 Å². The highest BCUT2D eigenvalue weighted by molar-refractivity contribution is 8.00. The second-order valence-electron chi connectivity index (χ2n) is 5.33. The summed E-state index contributed by atoms with van der Waals surface area (Å²) in [6.45, 7) is 1.86. The first-order valence-corrected chi connectivity index (χ1v) is 8.86. The van der Waals surface area contributed by atoms with E-state index in [4.69, 9.17) is 4.74 Å². The fourth-order valence-electron chi connectivity index (χ4n) is 1.88. The number of carbonyl (C=O) groups excluding carboxylic acids is 2. The summed E-state index contributed by atoms with van der Waals surface area (Å²) < 4.78 is 9.81. The highest BCUT2D eigenvalue weighted by Crippen LogP contribution is 2.17. The molecule has 0 fully saturated rings. The topological polar surface area (TPSA) is 77.0 Å². The van der Waals surface area contributed by atoms with Gasteiger partial charge in [-0.15, -0.1) is 11.8 Å². The van der Waals surface area contributed by atoms with Gasteiger partial charge < -0.3 is 9.47 Å². The van der Waals surface area contributed by atoms with Crippen LogP contribution in [0.3, 0.4) is 0 Å². The van der Waals surface area contributed by atoms with Crippen LogP contribution in [-0.4, -0.2) is 37.6 Å². The highest BCUT2D eigenvalue weighted by Gasteiger charge is 2.03. The van der Waals surface area contributed by atoms with Crippen LogP contribution in [0, 0.1) is 6.92 Å². The van der Waals surface area contributed by atoms with Gasteiger partial charge in [-0.1, -0.05) is 29.8 Å². The van der Waals surface area contributed by atoms with Crippen molar-refractivity contribution < 1.29 is 19.1 Å². The van der Waals surface area contributed by atoms with Crippen molar-refractivity contribution in [3.8, 4) is 5.75 Å². The summed E-state index contributed by atoms with van der Waals surface area (Å²) in [5.74, 6) is 0.149. The Morgan fingerprint density at radius 3 is 2.69 bits per heavy atom. The largest absolute Gasteiger partial charge is 0.482 e. The Morgan fingerprint density at radius 1 is 1.19 bits per heavy atom. The van der Waals surface area contributed by atoms with Crippen LogP contribution < -0.4 is 10.2 Å². The van der Waals surface area contributed by atoms with Crippen molar-refractivity contribution in [1.29, 1.82) is 0 Å². The van der Waals surface area contributed by atoms with Crippen molar-refractivity contribution in [2.75, 3.05) is 19.5 Å². The Bertz CT molecular complexity index is 775. The molecule has 0 spiro atoms. The van der Waals surface area contributed by atoms with E-state index in [1.54, 1.807) is 18.2 Å². The molecule has 0 heterocycles. The lowest BCUT2D eigenvalue weighted by molar-refractivity contribution is -0.142. The van der Waals surface area contributed by atoms with E-state index in [1.165, 1.54) is 30.6 Å². The van der Waals surface area contributed by atoms with Gasteiger partial charge in [0.15, 0.2) is 6.61 Å². The van der Waals surface area contributed by atoms with Crippen LogP contribution in [0.4, 0.5) is 0 Å². The van der Waals surface area contributed by atoms with Crippen LogP contribution in [0.5, 0.6) is 5.75 Å². The summed E-state index contributed by atoms with van der Waals surface area (Å²) in [6.07, 6.45) is 1.51. The number of carbonyl (C=O) groups is 2. The van der Waals surface area contributed by atoms with Crippen molar-refractivity contribution in [3.63, 3.8) is 0 Å². The van der Waals surface area contributed by atoms with Gasteiger partial charge in [-0.3, -0.25) is 4.79 Å². The van der Waals surface area contributed by atoms with Crippen LogP contribution in [0.2, 0.25) is 0 Å². The number of hydrazone groups is 1. The first-order chi connectivity index (χ1) is 12.6. The van der Waals surface area contributed by atoms with Crippen molar-refractivity contribution in [1.82, 2.24) is 5.43 Å². The predicted octanol–water partition coefficient (Wildman–Crippen LogP) is 2.79. The third kappa shape index (κ3) is 6.98. The van der Waals surface area contributed by atoms with Crippen molar-refractivity contribution in [2.45, 2.75) is 11.8 Å². The maximum absolute atomic E-state index is 11.8. The molecule has 0 aliphatic rings. The lowest BCUT2D eigenvalue weighted by atomic mass is 10.2. The number of esters is 1. The Morgan fingerprint density at radius 2 is 1.96 bits per heavy atom. The molecule has 7 heteroatoms. The maximum Gasteiger partial charge on any atom is 0.343 e. The van der Waals surface area contributed by atoms with Gasteiger partial charge in [0.25, 0.3) is 0 Å². The van der Waals surface area contributed by atoms with E-state index >= 15 is 0 Å². The number of nitrogens with one attached hydrogen (secondary N) is 1. The standard InChI is InChI=1S/C19H20N2O4S/c1-14-6-8-17(9-7-14)26-13-18(22)21-20-11-15-4-3-5-16(10-15)25-12-19(23)24-2/h3-11H,12-13H2,1-2H3,(H,21,22)/b20-11-. The van der Waals surface area contributed by atoms with Crippen molar-refractivity contribution >= 4 is 29.9 Å². The minimum atomic E-state index is -0.456. The first-order valence-electron chi connectivity index (χ1n) is 7.88. The number of hydrogen-bond donors (Lipinski definition) is 1. The van der Waals surface area contributed by atoms with E-state index < -0.39 is 5.97 Å². The quantitative estimate of drug-likeness (QED) is 0.334. The molecule has 26 heavy (non-hydrogen) atoms. The number of aryl methyl sites for hydroxylation is 1. The summed E-state index contributed by atoms with van der Waals surface area (Å²) in [5.41, 5.74) is 4.40. The van der Waals surface area contributed by atoms with E-state index in [-0.39, 0.29) is 18.3 Å². The van der Waals surface area contributed by atoms with Gasteiger partial charge in [0.05, 0.1) is 19.1 Å². The van der Waals surface area contributed by atoms with Crippen molar-refractivity contribution in [3.05, 3.63) is 59.7 Å². The second-order valence-corrected chi connectivity index (χ2v) is 6.38. The zero-order valence-electron chi connectivity index (χ0n) is 14.6. The van der Waals surface area contributed by atoms with E-state index in [0.717, 1.165) is 10.5 Å². The molecule has 6 nitrogen and oxygen atoms in total. The third-order valence-corrected chi connectivity index (χ3v) is 4.25. The lowest BCUT2D eigenvalue weighted by Crippen LogP contribution is -2.19. The molecule has 0 aliphatic heterocycles. The van der Waals surface area contributed by atoms with Crippen LogP contribution in [0.1, 0.15) is 11.1 Å². The number of ether oxygens (including phenoxy) is 2. The summed E-state index contributed by atoms with van der Waals surface area (Å²) in [4.78, 5) is 23.9. The minimum Gasteiger partial charge on any atom is -0.482 e. The van der Waals surface area contributed by atoms with E-state index in [0.29, 0.717) is 5.75 Å². The van der Waals surface area contributed by atoms with Crippen LogP contribution >= 0.6 is 11.8 Å². The average molecular weight is 372 g/mol. The molecule has 0 bridgehead atoms. The fourth-order valence-corrected chi connectivity index (χ4v) is 2.57. The number of nitrogens with zero attached hydrogens (tertiary/aromatic N) is 1. The molecule has 0 atom stereocenters. The van der Waals surface area contributed by atoms with Gasteiger partial charge in [-0.2, -0.15) is 5.10 Å². The minimum absolute atomic E-state index is 0.163. The molecule has 1 N–H and O–H groups in total. The molecule has 0 saturated carbocycles. The normalized spacial score (nSPS) is 10.5. The fraction of sp³-hybridized carbons (Fsp3) is 0.211. The van der Waals surface area contributed by atoms with Crippen LogP contribution in [0.25, 0.3) is 0 Å². The SMILES string of the molecule is COC(=O)COc1cccc(/C=N\NC(=O)CSc2ccc(C)cc2)c1. The molecule has 2 aromatic rings. The molecular formula is C19H20N2O4S. The molecule has 0 saturated heterocycles. The van der Waals surface area contributed by atoms with Gasteiger partial charge in [-0.25, -0.2) is 10.2 Å². The van der Waals surface area contributed by atoms with E-state index in [9.17, 15) is 9.59 Å².